The largest absolute Gasteiger partial charge is 0.462 e. The normalized spacial score (nSPS) is 11.6. The fourth-order valence-corrected chi connectivity index (χ4v) is 2.69. The number of ether oxygens (including phenoxy) is 2. The van der Waals surface area contributed by atoms with Gasteiger partial charge in [-0.3, -0.25) is 9.59 Å². The molecule has 2 aromatic rings. The SMILES string of the molecule is CCOC(=O)c1c(C)[nH]c(C(=O)[C@@H](C)OC(=O)c2ccc(C=O)cc2)c1C. The number of nitrogens with one attached hydrogen (secondary N) is 1. The van der Waals surface area contributed by atoms with Crippen molar-refractivity contribution in [3.8, 4) is 0 Å². The number of carbonyl (C=O) groups is 4. The van der Waals surface area contributed by atoms with Crippen LogP contribution >= 0.6 is 0 Å². The first kappa shape index (κ1) is 20.1. The zero-order valence-corrected chi connectivity index (χ0v) is 15.6. The Morgan fingerprint density at radius 3 is 2.30 bits per heavy atom. The molecule has 0 spiro atoms. The van der Waals surface area contributed by atoms with Gasteiger partial charge in [0.05, 0.1) is 23.4 Å². The average molecular weight is 371 g/mol. The van der Waals surface area contributed by atoms with E-state index in [9.17, 15) is 19.2 Å². The first-order valence-corrected chi connectivity index (χ1v) is 8.46. The van der Waals surface area contributed by atoms with Gasteiger partial charge in [-0.2, -0.15) is 0 Å². The number of aromatic amines is 1. The molecular weight excluding hydrogens is 350 g/mol. The Morgan fingerprint density at radius 1 is 1.11 bits per heavy atom. The van der Waals surface area contributed by atoms with Crippen molar-refractivity contribution in [1.29, 1.82) is 0 Å². The number of aromatic nitrogens is 1. The van der Waals surface area contributed by atoms with E-state index < -0.39 is 23.8 Å². The third-order valence-electron chi connectivity index (χ3n) is 4.10. The molecule has 7 nitrogen and oxygen atoms in total. The number of hydrogen-bond donors (Lipinski definition) is 1. The van der Waals surface area contributed by atoms with Gasteiger partial charge in [0.1, 0.15) is 6.29 Å². The lowest BCUT2D eigenvalue weighted by Crippen LogP contribution is -2.25. The maximum Gasteiger partial charge on any atom is 0.340 e. The quantitative estimate of drug-likeness (QED) is 0.456. The van der Waals surface area contributed by atoms with Gasteiger partial charge in [0.25, 0.3) is 0 Å². The highest BCUT2D eigenvalue weighted by molar-refractivity contribution is 6.04. The van der Waals surface area contributed by atoms with Crippen LogP contribution in [0.15, 0.2) is 24.3 Å². The fourth-order valence-electron chi connectivity index (χ4n) is 2.69. The molecule has 0 bridgehead atoms. The molecule has 1 N–H and O–H groups in total. The van der Waals surface area contributed by atoms with Crippen LogP contribution in [0.5, 0.6) is 0 Å². The molecule has 7 heteroatoms. The smallest absolute Gasteiger partial charge is 0.340 e. The molecule has 0 amide bonds. The van der Waals surface area contributed by atoms with E-state index in [4.69, 9.17) is 9.47 Å². The summed E-state index contributed by atoms with van der Waals surface area (Å²) < 4.78 is 10.2. The molecule has 0 aliphatic heterocycles. The topological polar surface area (TPSA) is 103 Å². The molecule has 0 aliphatic rings. The predicted octanol–water partition coefficient (Wildman–Crippen LogP) is 3.05. The van der Waals surface area contributed by atoms with Gasteiger partial charge in [0.2, 0.25) is 5.78 Å². The van der Waals surface area contributed by atoms with Crippen LogP contribution in [0, 0.1) is 13.8 Å². The van der Waals surface area contributed by atoms with E-state index >= 15 is 0 Å². The summed E-state index contributed by atoms with van der Waals surface area (Å²) in [4.78, 5) is 50.5. The van der Waals surface area contributed by atoms with Crippen molar-refractivity contribution in [2.75, 3.05) is 6.61 Å². The van der Waals surface area contributed by atoms with E-state index in [0.717, 1.165) is 0 Å². The molecule has 0 radical (unpaired) electrons. The van der Waals surface area contributed by atoms with Crippen molar-refractivity contribution in [2.45, 2.75) is 33.8 Å². The van der Waals surface area contributed by atoms with Gasteiger partial charge in [-0.15, -0.1) is 0 Å². The first-order valence-electron chi connectivity index (χ1n) is 8.46. The number of aryl methyl sites for hydroxylation is 1. The molecular formula is C20H21NO6. The van der Waals surface area contributed by atoms with Gasteiger partial charge in [-0.1, -0.05) is 12.1 Å². The monoisotopic (exact) mass is 371 g/mol. The second-order valence-corrected chi connectivity index (χ2v) is 6.00. The summed E-state index contributed by atoms with van der Waals surface area (Å²) in [5.74, 6) is -1.65. The van der Waals surface area contributed by atoms with Gasteiger partial charge >= 0.3 is 11.9 Å². The molecule has 1 aromatic carbocycles. The minimum atomic E-state index is -1.06. The fraction of sp³-hybridized carbons (Fsp3) is 0.300. The number of hydrogen-bond acceptors (Lipinski definition) is 6. The predicted molar refractivity (Wildman–Crippen MR) is 97.3 cm³/mol. The van der Waals surface area contributed by atoms with E-state index in [2.05, 4.69) is 4.98 Å². The zero-order valence-electron chi connectivity index (χ0n) is 15.6. The van der Waals surface area contributed by atoms with Crippen LogP contribution < -0.4 is 0 Å². The highest BCUT2D eigenvalue weighted by Gasteiger charge is 2.27. The summed E-state index contributed by atoms with van der Waals surface area (Å²) in [6, 6.07) is 5.87. The minimum absolute atomic E-state index is 0.201. The molecule has 0 saturated carbocycles. The maximum absolute atomic E-state index is 12.7. The van der Waals surface area contributed by atoms with Crippen molar-refractivity contribution < 1.29 is 28.7 Å². The van der Waals surface area contributed by atoms with Crippen molar-refractivity contribution >= 4 is 24.0 Å². The van der Waals surface area contributed by atoms with Gasteiger partial charge in [0, 0.05) is 11.3 Å². The lowest BCUT2D eigenvalue weighted by atomic mass is 10.1. The maximum atomic E-state index is 12.7. The Balaban J connectivity index is 2.17. The summed E-state index contributed by atoms with van der Waals surface area (Å²) in [7, 11) is 0. The second kappa shape index (κ2) is 8.44. The Hall–Kier alpha value is -3.22. The number of aldehydes is 1. The van der Waals surface area contributed by atoms with Crippen molar-refractivity contribution in [3.05, 3.63) is 57.9 Å². The Kier molecular flexibility index (Phi) is 6.28. The third-order valence-corrected chi connectivity index (χ3v) is 4.10. The summed E-state index contributed by atoms with van der Waals surface area (Å²) in [6.07, 6.45) is -0.395. The molecule has 0 unspecified atom stereocenters. The molecule has 1 heterocycles. The van der Waals surface area contributed by atoms with Crippen LogP contribution in [0.1, 0.15) is 66.7 Å². The number of rotatable bonds is 7. The van der Waals surface area contributed by atoms with Gasteiger partial charge in [-0.25, -0.2) is 9.59 Å². The Bertz CT molecular complexity index is 879. The summed E-state index contributed by atoms with van der Waals surface area (Å²) >= 11 is 0. The lowest BCUT2D eigenvalue weighted by molar-refractivity contribution is 0.0316. The lowest BCUT2D eigenvalue weighted by Gasteiger charge is -2.12. The Labute approximate surface area is 156 Å². The highest BCUT2D eigenvalue weighted by atomic mass is 16.5. The van der Waals surface area contributed by atoms with Crippen LogP contribution in [0.3, 0.4) is 0 Å². The minimum Gasteiger partial charge on any atom is -0.462 e. The number of carbonyl (C=O) groups excluding carboxylic acids is 4. The number of benzene rings is 1. The second-order valence-electron chi connectivity index (χ2n) is 6.00. The zero-order chi connectivity index (χ0) is 20.1. The molecule has 0 aliphatic carbocycles. The summed E-state index contributed by atoms with van der Waals surface area (Å²) in [6.45, 7) is 6.68. The van der Waals surface area contributed by atoms with Crippen LogP contribution in [-0.4, -0.2) is 41.7 Å². The van der Waals surface area contributed by atoms with Crippen LogP contribution in [0.4, 0.5) is 0 Å². The number of H-pyrrole nitrogens is 1. The van der Waals surface area contributed by atoms with Crippen molar-refractivity contribution in [3.63, 3.8) is 0 Å². The molecule has 0 fully saturated rings. The molecule has 1 aromatic heterocycles. The van der Waals surface area contributed by atoms with E-state index in [-0.39, 0.29) is 17.9 Å². The molecule has 0 saturated heterocycles. The van der Waals surface area contributed by atoms with Crippen molar-refractivity contribution in [2.24, 2.45) is 0 Å². The average Bonchev–Trinajstić information content (AvgIpc) is 2.95. The van der Waals surface area contributed by atoms with E-state index in [0.29, 0.717) is 28.7 Å². The van der Waals surface area contributed by atoms with Crippen LogP contribution in [-0.2, 0) is 9.47 Å². The first-order chi connectivity index (χ1) is 12.8. The van der Waals surface area contributed by atoms with E-state index in [1.54, 1.807) is 20.8 Å². The van der Waals surface area contributed by atoms with E-state index in [1.807, 2.05) is 0 Å². The summed E-state index contributed by atoms with van der Waals surface area (Å²) in [5, 5.41) is 0. The highest BCUT2D eigenvalue weighted by Crippen LogP contribution is 2.21. The van der Waals surface area contributed by atoms with Gasteiger partial charge < -0.3 is 14.5 Å². The molecule has 27 heavy (non-hydrogen) atoms. The molecule has 2 rings (SSSR count). The van der Waals surface area contributed by atoms with E-state index in [1.165, 1.54) is 31.2 Å². The third kappa shape index (κ3) is 4.31. The van der Waals surface area contributed by atoms with Gasteiger partial charge in [-0.05, 0) is 45.4 Å². The number of esters is 2. The van der Waals surface area contributed by atoms with Gasteiger partial charge in [0.15, 0.2) is 6.10 Å². The number of Topliss-reactive ketones (excluding diaryl/α,β-unsaturated/α-hetero) is 1. The molecule has 142 valence electrons. The number of ketones is 1. The van der Waals surface area contributed by atoms with Crippen molar-refractivity contribution in [1.82, 2.24) is 4.98 Å². The van der Waals surface area contributed by atoms with Crippen LogP contribution in [0.25, 0.3) is 0 Å². The Morgan fingerprint density at radius 2 is 1.74 bits per heavy atom. The molecule has 1 atom stereocenters. The summed E-state index contributed by atoms with van der Waals surface area (Å²) in [5.41, 5.74) is 2.13. The van der Waals surface area contributed by atoms with Crippen LogP contribution in [0.2, 0.25) is 0 Å². The standard InChI is InChI=1S/C20H21NO6/c1-5-26-20(25)16-11(2)17(21-12(16)3)18(23)13(4)27-19(24)15-8-6-14(10-22)7-9-15/h6-10,13,21H,5H2,1-4H3/t13-/m1/s1.